The second kappa shape index (κ2) is 7.09. The minimum atomic E-state index is -0.443. The minimum Gasteiger partial charge on any atom is -0.444 e. The van der Waals surface area contributed by atoms with Gasteiger partial charge in [-0.3, -0.25) is 0 Å². The van der Waals surface area contributed by atoms with Gasteiger partial charge in [-0.05, 0) is 67.7 Å². The van der Waals surface area contributed by atoms with E-state index in [1.54, 1.807) is 4.90 Å². The molecule has 1 amide bonds. The molecule has 22 heavy (non-hydrogen) atoms. The molecule has 0 aromatic heterocycles. The molecule has 0 atom stereocenters. The van der Waals surface area contributed by atoms with E-state index in [9.17, 15) is 4.79 Å². The molecule has 0 radical (unpaired) electrons. The smallest absolute Gasteiger partial charge is 0.410 e. The van der Waals surface area contributed by atoms with E-state index in [4.69, 9.17) is 16.3 Å². The average molecular weight is 390 g/mol. The Morgan fingerprint density at radius 3 is 2.55 bits per heavy atom. The predicted octanol–water partition coefficient (Wildman–Crippen LogP) is 4.91. The largest absolute Gasteiger partial charge is 0.444 e. The topological polar surface area (TPSA) is 41.6 Å². The lowest BCUT2D eigenvalue weighted by atomic mass is 10.0. The fraction of sp³-hybridized carbons (Fsp3) is 0.562. The molecule has 1 heterocycles. The highest BCUT2D eigenvalue weighted by molar-refractivity contribution is 9.10. The molecule has 0 spiro atoms. The molecule has 0 unspecified atom stereocenters. The Bertz CT molecular complexity index is 537. The van der Waals surface area contributed by atoms with E-state index in [2.05, 4.69) is 21.2 Å². The number of anilines is 1. The molecule has 122 valence electrons. The van der Waals surface area contributed by atoms with Crippen LogP contribution in [0.2, 0.25) is 5.02 Å². The zero-order valence-electron chi connectivity index (χ0n) is 13.2. The first-order chi connectivity index (χ1) is 10.2. The van der Waals surface area contributed by atoms with Crippen LogP contribution in [0.1, 0.15) is 33.6 Å². The number of rotatable bonds is 2. The standard InChI is InChI=1S/C16H22BrClN2O2/c1-16(2,3)22-15(21)20-8-6-11(7-9-20)19-12-4-5-14(18)13(17)10-12/h4-5,10-11,19H,6-9H2,1-3H3. The molecule has 1 N–H and O–H groups in total. The van der Waals surface area contributed by atoms with Crippen LogP contribution in [-0.4, -0.2) is 35.7 Å². The quantitative estimate of drug-likeness (QED) is 0.781. The molecule has 1 aliphatic heterocycles. The minimum absolute atomic E-state index is 0.222. The molecular formula is C16H22BrClN2O2. The summed E-state index contributed by atoms with van der Waals surface area (Å²) >= 11 is 9.42. The van der Waals surface area contributed by atoms with Crippen molar-refractivity contribution in [3.8, 4) is 0 Å². The van der Waals surface area contributed by atoms with Gasteiger partial charge in [0.1, 0.15) is 5.60 Å². The summed E-state index contributed by atoms with van der Waals surface area (Å²) in [6.45, 7) is 7.08. The van der Waals surface area contributed by atoms with Gasteiger partial charge in [0.15, 0.2) is 0 Å². The number of nitrogens with zero attached hydrogens (tertiary/aromatic N) is 1. The number of nitrogens with one attached hydrogen (secondary N) is 1. The van der Waals surface area contributed by atoms with Crippen molar-refractivity contribution in [1.82, 2.24) is 4.90 Å². The van der Waals surface area contributed by atoms with E-state index < -0.39 is 5.60 Å². The Labute approximate surface area is 145 Å². The van der Waals surface area contributed by atoms with Gasteiger partial charge >= 0.3 is 6.09 Å². The van der Waals surface area contributed by atoms with Crippen LogP contribution >= 0.6 is 27.5 Å². The number of hydrogen-bond acceptors (Lipinski definition) is 3. The Morgan fingerprint density at radius 1 is 1.36 bits per heavy atom. The maximum absolute atomic E-state index is 12.0. The van der Waals surface area contributed by atoms with Gasteiger partial charge in [0.05, 0.1) is 5.02 Å². The number of benzene rings is 1. The first-order valence-corrected chi connectivity index (χ1v) is 8.61. The SMILES string of the molecule is CC(C)(C)OC(=O)N1CCC(Nc2ccc(Cl)c(Br)c2)CC1. The van der Waals surface area contributed by atoms with E-state index >= 15 is 0 Å². The summed E-state index contributed by atoms with van der Waals surface area (Å²) < 4.78 is 6.29. The van der Waals surface area contributed by atoms with Gasteiger partial charge in [0, 0.05) is 29.3 Å². The van der Waals surface area contributed by atoms with Crippen molar-refractivity contribution in [2.24, 2.45) is 0 Å². The second-order valence-corrected chi connectivity index (χ2v) is 7.78. The van der Waals surface area contributed by atoms with Crippen molar-refractivity contribution in [1.29, 1.82) is 0 Å². The van der Waals surface area contributed by atoms with Gasteiger partial charge in [-0.1, -0.05) is 11.6 Å². The summed E-state index contributed by atoms with van der Waals surface area (Å²) in [7, 11) is 0. The van der Waals surface area contributed by atoms with E-state index in [1.165, 1.54) is 0 Å². The van der Waals surface area contributed by atoms with E-state index in [0.29, 0.717) is 24.2 Å². The maximum atomic E-state index is 12.0. The molecule has 0 saturated carbocycles. The number of ether oxygens (including phenoxy) is 1. The summed E-state index contributed by atoms with van der Waals surface area (Å²) in [5.74, 6) is 0. The molecule has 4 nitrogen and oxygen atoms in total. The van der Waals surface area contributed by atoms with Gasteiger partial charge in [-0.15, -0.1) is 0 Å². The highest BCUT2D eigenvalue weighted by atomic mass is 79.9. The van der Waals surface area contributed by atoms with E-state index in [1.807, 2.05) is 39.0 Å². The molecule has 1 aromatic rings. The lowest BCUT2D eigenvalue weighted by Gasteiger charge is -2.34. The molecule has 2 rings (SSSR count). The summed E-state index contributed by atoms with van der Waals surface area (Å²) in [5.41, 5.74) is 0.592. The lowest BCUT2D eigenvalue weighted by Crippen LogP contribution is -2.44. The number of piperidine rings is 1. The number of carbonyl (C=O) groups excluding carboxylic acids is 1. The van der Waals surface area contributed by atoms with Crippen LogP contribution in [-0.2, 0) is 4.74 Å². The zero-order valence-corrected chi connectivity index (χ0v) is 15.5. The first kappa shape index (κ1) is 17.4. The third-order valence-corrected chi connectivity index (χ3v) is 4.65. The highest BCUT2D eigenvalue weighted by Crippen LogP contribution is 2.27. The Hall–Kier alpha value is -0.940. The number of carbonyl (C=O) groups is 1. The van der Waals surface area contributed by atoms with Crippen LogP contribution < -0.4 is 5.32 Å². The van der Waals surface area contributed by atoms with Crippen LogP contribution in [0.25, 0.3) is 0 Å². The van der Waals surface area contributed by atoms with Crippen LogP contribution in [0.4, 0.5) is 10.5 Å². The molecule has 6 heteroatoms. The Kier molecular flexibility index (Phi) is 5.61. The number of hydrogen-bond donors (Lipinski definition) is 1. The third kappa shape index (κ3) is 5.06. The van der Waals surface area contributed by atoms with Crippen LogP contribution in [0.3, 0.4) is 0 Å². The zero-order chi connectivity index (χ0) is 16.3. The van der Waals surface area contributed by atoms with Crippen LogP contribution in [0.5, 0.6) is 0 Å². The van der Waals surface area contributed by atoms with Crippen molar-refractivity contribution in [2.45, 2.75) is 45.3 Å². The van der Waals surface area contributed by atoms with Crippen molar-refractivity contribution in [3.63, 3.8) is 0 Å². The average Bonchev–Trinajstić information content (AvgIpc) is 2.42. The predicted molar refractivity (Wildman–Crippen MR) is 93.6 cm³/mol. The van der Waals surface area contributed by atoms with E-state index in [-0.39, 0.29) is 6.09 Å². The second-order valence-electron chi connectivity index (χ2n) is 6.51. The molecule has 1 fully saturated rings. The van der Waals surface area contributed by atoms with Crippen molar-refractivity contribution in [3.05, 3.63) is 27.7 Å². The summed E-state index contributed by atoms with van der Waals surface area (Å²) in [6.07, 6.45) is 1.58. The number of likely N-dealkylation sites (tertiary alicyclic amines) is 1. The molecule has 1 aliphatic rings. The van der Waals surface area contributed by atoms with E-state index in [0.717, 1.165) is 23.0 Å². The molecule has 0 aliphatic carbocycles. The van der Waals surface area contributed by atoms with Crippen molar-refractivity contribution >= 4 is 39.3 Å². The summed E-state index contributed by atoms with van der Waals surface area (Å²) in [6, 6.07) is 6.16. The van der Waals surface area contributed by atoms with Crippen LogP contribution in [0, 0.1) is 0 Å². The maximum Gasteiger partial charge on any atom is 0.410 e. The third-order valence-electron chi connectivity index (χ3n) is 3.44. The van der Waals surface area contributed by atoms with Gasteiger partial charge in [-0.2, -0.15) is 0 Å². The van der Waals surface area contributed by atoms with Crippen molar-refractivity contribution < 1.29 is 9.53 Å². The monoisotopic (exact) mass is 388 g/mol. The molecule has 1 aromatic carbocycles. The Morgan fingerprint density at radius 2 is 2.00 bits per heavy atom. The van der Waals surface area contributed by atoms with Gasteiger partial charge < -0.3 is 15.0 Å². The fourth-order valence-corrected chi connectivity index (χ4v) is 2.85. The number of halogens is 2. The van der Waals surface area contributed by atoms with Gasteiger partial charge in [-0.25, -0.2) is 4.79 Å². The summed E-state index contributed by atoms with van der Waals surface area (Å²) in [4.78, 5) is 13.8. The van der Waals surface area contributed by atoms with Crippen LogP contribution in [0.15, 0.2) is 22.7 Å². The van der Waals surface area contributed by atoms with Gasteiger partial charge in [0.2, 0.25) is 0 Å². The fourth-order valence-electron chi connectivity index (χ4n) is 2.35. The summed E-state index contributed by atoms with van der Waals surface area (Å²) in [5, 5.41) is 4.19. The number of amides is 1. The normalized spacial score (nSPS) is 16.5. The lowest BCUT2D eigenvalue weighted by molar-refractivity contribution is 0.0210. The highest BCUT2D eigenvalue weighted by Gasteiger charge is 2.26. The molecular weight excluding hydrogens is 368 g/mol. The molecule has 1 saturated heterocycles. The Balaban J connectivity index is 1.84. The van der Waals surface area contributed by atoms with Gasteiger partial charge in [0.25, 0.3) is 0 Å². The first-order valence-electron chi connectivity index (χ1n) is 7.44. The molecule has 0 bridgehead atoms. The van der Waals surface area contributed by atoms with Crippen molar-refractivity contribution in [2.75, 3.05) is 18.4 Å².